The number of anilines is 1. The number of piperazine rings is 1. The van der Waals surface area contributed by atoms with Crippen molar-refractivity contribution in [3.63, 3.8) is 0 Å². The Bertz CT molecular complexity index is 514. The van der Waals surface area contributed by atoms with Crippen molar-refractivity contribution >= 4 is 11.6 Å². The van der Waals surface area contributed by atoms with Gasteiger partial charge in [0.05, 0.1) is 12.7 Å². The van der Waals surface area contributed by atoms with Crippen LogP contribution >= 0.6 is 0 Å². The second-order valence-electron chi connectivity index (χ2n) is 5.92. The van der Waals surface area contributed by atoms with Gasteiger partial charge in [0.15, 0.2) is 0 Å². The summed E-state index contributed by atoms with van der Waals surface area (Å²) in [6.07, 6.45) is 0. The van der Waals surface area contributed by atoms with E-state index < -0.39 is 0 Å². The summed E-state index contributed by atoms with van der Waals surface area (Å²) in [5.74, 6) is 0.552. The van der Waals surface area contributed by atoms with Gasteiger partial charge in [0, 0.05) is 30.9 Å². The first kappa shape index (κ1) is 14.7. The fourth-order valence-electron chi connectivity index (χ4n) is 2.48. The van der Waals surface area contributed by atoms with E-state index >= 15 is 0 Å². The van der Waals surface area contributed by atoms with Gasteiger partial charge in [0.2, 0.25) is 0 Å². The van der Waals surface area contributed by atoms with E-state index in [4.69, 9.17) is 10.5 Å². The van der Waals surface area contributed by atoms with Crippen LogP contribution in [-0.2, 0) is 0 Å². The SMILES string of the molecule is COc1ccc(N)cc1C(=O)N1CCN(C)C(C)(C)C1. The van der Waals surface area contributed by atoms with E-state index in [9.17, 15) is 4.79 Å². The van der Waals surface area contributed by atoms with Crippen molar-refractivity contribution in [1.29, 1.82) is 0 Å². The highest BCUT2D eigenvalue weighted by atomic mass is 16.5. The third-order valence-electron chi connectivity index (χ3n) is 4.06. The topological polar surface area (TPSA) is 58.8 Å². The monoisotopic (exact) mass is 277 g/mol. The maximum atomic E-state index is 12.7. The first-order valence-electron chi connectivity index (χ1n) is 6.79. The molecule has 1 aliphatic heterocycles. The molecule has 0 spiro atoms. The summed E-state index contributed by atoms with van der Waals surface area (Å²) in [5, 5.41) is 0. The Hall–Kier alpha value is -1.75. The van der Waals surface area contributed by atoms with E-state index in [0.717, 1.165) is 13.1 Å². The molecule has 0 radical (unpaired) electrons. The van der Waals surface area contributed by atoms with Crippen LogP contribution in [0.25, 0.3) is 0 Å². The number of likely N-dealkylation sites (N-methyl/N-ethyl adjacent to an activating group) is 1. The molecule has 0 atom stereocenters. The van der Waals surface area contributed by atoms with E-state index in [1.165, 1.54) is 0 Å². The van der Waals surface area contributed by atoms with Gasteiger partial charge in [-0.25, -0.2) is 0 Å². The minimum atomic E-state index is -0.0263. The molecule has 20 heavy (non-hydrogen) atoms. The van der Waals surface area contributed by atoms with Crippen molar-refractivity contribution in [3.8, 4) is 5.75 Å². The number of amides is 1. The molecule has 0 aliphatic carbocycles. The Balaban J connectivity index is 2.26. The zero-order valence-electron chi connectivity index (χ0n) is 12.6. The zero-order chi connectivity index (χ0) is 14.9. The van der Waals surface area contributed by atoms with E-state index in [0.29, 0.717) is 23.5 Å². The minimum Gasteiger partial charge on any atom is -0.496 e. The van der Waals surface area contributed by atoms with Crippen LogP contribution in [0.1, 0.15) is 24.2 Å². The average Bonchev–Trinajstić information content (AvgIpc) is 2.41. The van der Waals surface area contributed by atoms with Gasteiger partial charge < -0.3 is 15.4 Å². The molecule has 0 aromatic heterocycles. The summed E-state index contributed by atoms with van der Waals surface area (Å²) in [6, 6.07) is 5.17. The predicted molar refractivity (Wildman–Crippen MR) is 80.0 cm³/mol. The van der Waals surface area contributed by atoms with Gasteiger partial charge in [-0.15, -0.1) is 0 Å². The number of nitrogens with two attached hydrogens (primary N) is 1. The van der Waals surface area contributed by atoms with E-state index in [1.807, 2.05) is 4.90 Å². The third kappa shape index (κ3) is 2.72. The number of nitrogen functional groups attached to an aromatic ring is 1. The predicted octanol–water partition coefficient (Wildman–Crippen LogP) is 1.44. The molecule has 2 N–H and O–H groups in total. The lowest BCUT2D eigenvalue weighted by molar-refractivity contribution is 0.0309. The number of nitrogens with zero attached hydrogens (tertiary/aromatic N) is 2. The number of rotatable bonds is 2. The standard InChI is InChI=1S/C15H23N3O2/c1-15(2)10-18(8-7-17(15)3)14(19)12-9-11(16)5-6-13(12)20-4/h5-6,9H,7-8,10,16H2,1-4H3. The van der Waals surface area contributed by atoms with Crippen LogP contribution in [0.2, 0.25) is 0 Å². The first-order chi connectivity index (χ1) is 9.35. The van der Waals surface area contributed by atoms with Crippen LogP contribution in [0, 0.1) is 0 Å². The van der Waals surface area contributed by atoms with Crippen molar-refractivity contribution < 1.29 is 9.53 Å². The Kier molecular flexibility index (Phi) is 3.90. The maximum absolute atomic E-state index is 12.7. The second kappa shape index (κ2) is 5.32. The smallest absolute Gasteiger partial charge is 0.257 e. The number of carbonyl (C=O) groups is 1. The van der Waals surface area contributed by atoms with Gasteiger partial charge in [-0.05, 0) is 39.1 Å². The number of hydrogen-bond acceptors (Lipinski definition) is 4. The largest absolute Gasteiger partial charge is 0.496 e. The molecule has 1 saturated heterocycles. The molecule has 1 aromatic carbocycles. The lowest BCUT2D eigenvalue weighted by Gasteiger charge is -2.45. The minimum absolute atomic E-state index is 0.0182. The maximum Gasteiger partial charge on any atom is 0.257 e. The molecule has 0 bridgehead atoms. The van der Waals surface area contributed by atoms with Gasteiger partial charge in [-0.2, -0.15) is 0 Å². The highest BCUT2D eigenvalue weighted by Gasteiger charge is 2.34. The van der Waals surface area contributed by atoms with E-state index in [2.05, 4.69) is 25.8 Å². The molecule has 1 amide bonds. The number of hydrogen-bond donors (Lipinski definition) is 1. The molecule has 1 heterocycles. The quantitative estimate of drug-likeness (QED) is 0.831. The van der Waals surface area contributed by atoms with Crippen LogP contribution < -0.4 is 10.5 Å². The van der Waals surface area contributed by atoms with Gasteiger partial charge in [0.1, 0.15) is 5.75 Å². The summed E-state index contributed by atoms with van der Waals surface area (Å²) in [4.78, 5) is 16.8. The Morgan fingerprint density at radius 3 is 2.65 bits per heavy atom. The molecule has 0 unspecified atom stereocenters. The molecule has 1 aliphatic rings. The number of carbonyl (C=O) groups excluding carboxylic acids is 1. The molecule has 1 fully saturated rings. The van der Waals surface area contributed by atoms with Gasteiger partial charge in [-0.3, -0.25) is 9.69 Å². The summed E-state index contributed by atoms with van der Waals surface area (Å²) in [5.41, 5.74) is 6.87. The van der Waals surface area contributed by atoms with Crippen molar-refractivity contribution in [2.45, 2.75) is 19.4 Å². The Morgan fingerprint density at radius 2 is 2.05 bits per heavy atom. The summed E-state index contributed by atoms with van der Waals surface area (Å²) in [6.45, 7) is 6.56. The lowest BCUT2D eigenvalue weighted by Crippen LogP contribution is -2.58. The molecular formula is C15H23N3O2. The summed E-state index contributed by atoms with van der Waals surface area (Å²) < 4.78 is 5.27. The molecule has 0 saturated carbocycles. The molecule has 5 heteroatoms. The summed E-state index contributed by atoms with van der Waals surface area (Å²) in [7, 11) is 3.65. The van der Waals surface area contributed by atoms with E-state index in [-0.39, 0.29) is 11.4 Å². The molecular weight excluding hydrogens is 254 g/mol. The van der Waals surface area contributed by atoms with E-state index in [1.54, 1.807) is 25.3 Å². The van der Waals surface area contributed by atoms with Gasteiger partial charge in [0.25, 0.3) is 5.91 Å². The van der Waals surface area contributed by atoms with Crippen LogP contribution in [0.5, 0.6) is 5.75 Å². The van der Waals surface area contributed by atoms with Crippen molar-refractivity contribution in [1.82, 2.24) is 9.80 Å². The molecule has 1 aromatic rings. The van der Waals surface area contributed by atoms with Crippen molar-refractivity contribution in [2.75, 3.05) is 39.5 Å². The first-order valence-corrected chi connectivity index (χ1v) is 6.79. The molecule has 5 nitrogen and oxygen atoms in total. The third-order valence-corrected chi connectivity index (χ3v) is 4.06. The van der Waals surface area contributed by atoms with Crippen molar-refractivity contribution in [3.05, 3.63) is 23.8 Å². The van der Waals surface area contributed by atoms with Crippen LogP contribution in [0.3, 0.4) is 0 Å². The van der Waals surface area contributed by atoms with Crippen LogP contribution in [-0.4, -0.2) is 55.0 Å². The zero-order valence-corrected chi connectivity index (χ0v) is 12.6. The normalized spacial score (nSPS) is 18.9. The number of benzene rings is 1. The highest BCUT2D eigenvalue weighted by molar-refractivity contribution is 5.98. The fraction of sp³-hybridized carbons (Fsp3) is 0.533. The van der Waals surface area contributed by atoms with Crippen LogP contribution in [0.4, 0.5) is 5.69 Å². The highest BCUT2D eigenvalue weighted by Crippen LogP contribution is 2.26. The average molecular weight is 277 g/mol. The number of methoxy groups -OCH3 is 1. The van der Waals surface area contributed by atoms with Gasteiger partial charge >= 0.3 is 0 Å². The molecule has 110 valence electrons. The number of ether oxygens (including phenoxy) is 1. The summed E-state index contributed by atoms with van der Waals surface area (Å²) >= 11 is 0. The molecule has 2 rings (SSSR count). The van der Waals surface area contributed by atoms with Crippen molar-refractivity contribution in [2.24, 2.45) is 0 Å². The lowest BCUT2D eigenvalue weighted by atomic mass is 9.99. The van der Waals surface area contributed by atoms with Gasteiger partial charge in [-0.1, -0.05) is 0 Å². The second-order valence-corrected chi connectivity index (χ2v) is 5.92. The fourth-order valence-corrected chi connectivity index (χ4v) is 2.48. The Morgan fingerprint density at radius 1 is 1.35 bits per heavy atom. The Labute approximate surface area is 120 Å². The van der Waals surface area contributed by atoms with Crippen LogP contribution in [0.15, 0.2) is 18.2 Å².